The highest BCUT2D eigenvalue weighted by molar-refractivity contribution is 6.12. The first-order valence-electron chi connectivity index (χ1n) is 10.6. The smallest absolute Gasteiger partial charge is 0.336 e. The number of carbonyl (C=O) groups excluding carboxylic acids is 3. The first-order chi connectivity index (χ1) is 15.3. The van der Waals surface area contributed by atoms with E-state index >= 15 is 0 Å². The van der Waals surface area contributed by atoms with Gasteiger partial charge in [0.05, 0.1) is 19.3 Å². The second-order valence-corrected chi connectivity index (χ2v) is 7.92. The van der Waals surface area contributed by atoms with Crippen LogP contribution in [0.1, 0.15) is 38.7 Å². The lowest BCUT2D eigenvalue weighted by molar-refractivity contribution is -0.151. The SMILES string of the molecule is CCOCCOC(=O)C1=C(C)NC2=C(C(=O)[C@@H](C(=O)OC)[C@@H](C)C2)[C@@H]1c1cccc(F)c1. The minimum Gasteiger partial charge on any atom is -0.468 e. The van der Waals surface area contributed by atoms with Crippen molar-refractivity contribution in [1.29, 1.82) is 0 Å². The van der Waals surface area contributed by atoms with Crippen LogP contribution in [-0.4, -0.2) is 44.7 Å². The number of carbonyl (C=O) groups is 3. The molecule has 8 heteroatoms. The number of dihydropyridines is 1. The lowest BCUT2D eigenvalue weighted by atomic mass is 9.69. The average molecular weight is 445 g/mol. The monoisotopic (exact) mass is 445 g/mol. The number of allylic oxidation sites excluding steroid dienone is 3. The van der Waals surface area contributed by atoms with Crippen molar-refractivity contribution >= 4 is 17.7 Å². The summed E-state index contributed by atoms with van der Waals surface area (Å²) < 4.78 is 29.6. The summed E-state index contributed by atoms with van der Waals surface area (Å²) in [5.41, 5.74) is 2.06. The van der Waals surface area contributed by atoms with Crippen molar-refractivity contribution in [3.63, 3.8) is 0 Å². The molecule has 172 valence electrons. The van der Waals surface area contributed by atoms with Crippen LogP contribution >= 0.6 is 0 Å². The second kappa shape index (κ2) is 10.1. The number of esters is 2. The summed E-state index contributed by atoms with van der Waals surface area (Å²) in [6.45, 7) is 6.13. The number of Topliss-reactive ketones (excluding diaryl/α,β-unsaturated/α-hetero) is 1. The van der Waals surface area contributed by atoms with E-state index in [1.54, 1.807) is 19.9 Å². The zero-order chi connectivity index (χ0) is 23.4. The van der Waals surface area contributed by atoms with E-state index in [4.69, 9.17) is 14.2 Å². The normalized spacial score (nSPS) is 22.9. The highest BCUT2D eigenvalue weighted by Crippen LogP contribution is 2.45. The molecule has 32 heavy (non-hydrogen) atoms. The molecule has 2 aliphatic rings. The van der Waals surface area contributed by atoms with Gasteiger partial charge in [-0.2, -0.15) is 0 Å². The molecule has 1 N–H and O–H groups in total. The quantitative estimate of drug-likeness (QED) is 0.392. The van der Waals surface area contributed by atoms with Crippen molar-refractivity contribution in [2.75, 3.05) is 26.9 Å². The number of hydrogen-bond donors (Lipinski definition) is 1. The van der Waals surface area contributed by atoms with Gasteiger partial charge in [0, 0.05) is 29.5 Å². The highest BCUT2D eigenvalue weighted by atomic mass is 19.1. The number of rotatable bonds is 7. The third kappa shape index (κ3) is 4.60. The summed E-state index contributed by atoms with van der Waals surface area (Å²) in [5, 5.41) is 3.16. The molecular weight excluding hydrogens is 417 g/mol. The van der Waals surface area contributed by atoms with Gasteiger partial charge in [-0.1, -0.05) is 19.1 Å². The van der Waals surface area contributed by atoms with Crippen LogP contribution in [0.2, 0.25) is 0 Å². The average Bonchev–Trinajstić information content (AvgIpc) is 2.75. The van der Waals surface area contributed by atoms with E-state index in [2.05, 4.69) is 5.32 Å². The summed E-state index contributed by atoms with van der Waals surface area (Å²) in [6, 6.07) is 5.76. The molecule has 1 aliphatic heterocycles. The van der Waals surface area contributed by atoms with E-state index in [9.17, 15) is 18.8 Å². The fraction of sp³-hybridized carbons (Fsp3) is 0.458. The Kier molecular flexibility index (Phi) is 7.45. The maximum absolute atomic E-state index is 14.1. The van der Waals surface area contributed by atoms with E-state index in [0.717, 1.165) is 0 Å². The minimum absolute atomic E-state index is 0.0427. The molecule has 0 saturated heterocycles. The third-order valence-electron chi connectivity index (χ3n) is 5.81. The molecule has 0 fully saturated rings. The predicted molar refractivity (Wildman–Crippen MR) is 114 cm³/mol. The standard InChI is InChI=1S/C24H28FNO6/c1-5-31-9-10-32-24(29)19-14(3)26-17-11-13(2)18(23(28)30-4)22(27)21(17)20(19)15-7-6-8-16(25)12-15/h6-8,12-13,18,20,26H,5,9-11H2,1-4H3/t13-,18-,20+/m0/s1. The van der Waals surface area contributed by atoms with E-state index in [1.807, 2.05) is 6.92 Å². The molecule has 1 aromatic carbocycles. The van der Waals surface area contributed by atoms with Crippen molar-refractivity contribution < 1.29 is 33.0 Å². The van der Waals surface area contributed by atoms with E-state index in [-0.39, 0.29) is 30.3 Å². The molecule has 0 radical (unpaired) electrons. The molecule has 3 rings (SSSR count). The van der Waals surface area contributed by atoms with Gasteiger partial charge < -0.3 is 19.5 Å². The van der Waals surface area contributed by atoms with Crippen molar-refractivity contribution in [2.45, 2.75) is 33.1 Å². The van der Waals surface area contributed by atoms with Crippen LogP contribution < -0.4 is 5.32 Å². The van der Waals surface area contributed by atoms with Gasteiger partial charge in [-0.3, -0.25) is 9.59 Å². The van der Waals surface area contributed by atoms with Crippen LogP contribution in [0, 0.1) is 17.7 Å². The Balaban J connectivity index is 2.07. The molecule has 0 amide bonds. The van der Waals surface area contributed by atoms with Crippen LogP contribution in [0.25, 0.3) is 0 Å². The molecule has 1 aromatic rings. The van der Waals surface area contributed by atoms with Crippen LogP contribution in [-0.2, 0) is 28.6 Å². The number of methoxy groups -OCH3 is 1. The Morgan fingerprint density at radius 1 is 1.25 bits per heavy atom. The zero-order valence-electron chi connectivity index (χ0n) is 18.7. The van der Waals surface area contributed by atoms with E-state index in [0.29, 0.717) is 30.0 Å². The summed E-state index contributed by atoms with van der Waals surface area (Å²) >= 11 is 0. The summed E-state index contributed by atoms with van der Waals surface area (Å²) in [4.78, 5) is 39.0. The molecule has 3 atom stereocenters. The molecule has 1 aliphatic carbocycles. The Labute approximate surface area is 186 Å². The van der Waals surface area contributed by atoms with Gasteiger partial charge in [-0.15, -0.1) is 0 Å². The fourth-order valence-electron chi connectivity index (χ4n) is 4.39. The summed E-state index contributed by atoms with van der Waals surface area (Å²) in [7, 11) is 1.24. The third-order valence-corrected chi connectivity index (χ3v) is 5.81. The first kappa shape index (κ1) is 23.7. The Morgan fingerprint density at radius 2 is 2.00 bits per heavy atom. The molecule has 0 saturated carbocycles. The highest BCUT2D eigenvalue weighted by Gasteiger charge is 2.47. The lowest BCUT2D eigenvalue weighted by Gasteiger charge is -2.38. The van der Waals surface area contributed by atoms with Gasteiger partial charge in [0.2, 0.25) is 0 Å². The van der Waals surface area contributed by atoms with Gasteiger partial charge in [-0.05, 0) is 43.9 Å². The zero-order valence-corrected chi connectivity index (χ0v) is 18.7. The van der Waals surface area contributed by atoms with Gasteiger partial charge in [0.25, 0.3) is 0 Å². The topological polar surface area (TPSA) is 90.9 Å². The number of halogens is 1. The second-order valence-electron chi connectivity index (χ2n) is 7.92. The molecule has 7 nitrogen and oxygen atoms in total. The fourth-order valence-corrected chi connectivity index (χ4v) is 4.39. The predicted octanol–water partition coefficient (Wildman–Crippen LogP) is 3.02. The van der Waals surface area contributed by atoms with Gasteiger partial charge in [0.15, 0.2) is 5.78 Å². The van der Waals surface area contributed by atoms with E-state index < -0.39 is 35.4 Å². The summed E-state index contributed by atoms with van der Waals surface area (Å²) in [6.07, 6.45) is 0.413. The number of hydrogen-bond acceptors (Lipinski definition) is 7. The van der Waals surface area contributed by atoms with Crippen molar-refractivity contribution in [3.05, 3.63) is 58.2 Å². The Bertz CT molecular complexity index is 982. The summed E-state index contributed by atoms with van der Waals surface area (Å²) in [5.74, 6) is -4.33. The van der Waals surface area contributed by atoms with Crippen molar-refractivity contribution in [2.24, 2.45) is 11.8 Å². The van der Waals surface area contributed by atoms with Crippen LogP contribution in [0.4, 0.5) is 4.39 Å². The van der Waals surface area contributed by atoms with Crippen molar-refractivity contribution in [1.82, 2.24) is 5.32 Å². The van der Waals surface area contributed by atoms with Crippen LogP contribution in [0.15, 0.2) is 46.8 Å². The minimum atomic E-state index is -0.995. The van der Waals surface area contributed by atoms with Crippen LogP contribution in [0.3, 0.4) is 0 Å². The van der Waals surface area contributed by atoms with E-state index in [1.165, 1.54) is 25.3 Å². The number of ether oxygens (including phenoxy) is 3. The molecule has 1 heterocycles. The number of nitrogens with one attached hydrogen (secondary N) is 1. The largest absolute Gasteiger partial charge is 0.468 e. The van der Waals surface area contributed by atoms with Crippen molar-refractivity contribution in [3.8, 4) is 0 Å². The maximum Gasteiger partial charge on any atom is 0.336 e. The molecule has 0 aromatic heterocycles. The Hall–Kier alpha value is -3.00. The number of ketones is 1. The first-order valence-corrected chi connectivity index (χ1v) is 10.6. The van der Waals surface area contributed by atoms with Gasteiger partial charge >= 0.3 is 11.9 Å². The number of benzene rings is 1. The lowest BCUT2D eigenvalue weighted by Crippen LogP contribution is -2.43. The molecule has 0 unspecified atom stereocenters. The van der Waals surface area contributed by atoms with Gasteiger partial charge in [0.1, 0.15) is 18.3 Å². The van der Waals surface area contributed by atoms with Crippen LogP contribution in [0.5, 0.6) is 0 Å². The molecular formula is C24H28FNO6. The molecule has 0 spiro atoms. The Morgan fingerprint density at radius 3 is 2.66 bits per heavy atom. The molecule has 0 bridgehead atoms. The van der Waals surface area contributed by atoms with Gasteiger partial charge in [-0.25, -0.2) is 9.18 Å². The maximum atomic E-state index is 14.1.